The van der Waals surface area contributed by atoms with Crippen LogP contribution in [0.5, 0.6) is 5.75 Å². The zero-order valence-electron chi connectivity index (χ0n) is 20.7. The Bertz CT molecular complexity index is 1080. The van der Waals surface area contributed by atoms with Crippen molar-refractivity contribution in [3.05, 3.63) is 60.2 Å². The van der Waals surface area contributed by atoms with E-state index in [0.717, 1.165) is 16.1 Å². The summed E-state index contributed by atoms with van der Waals surface area (Å²) >= 11 is 0. The molecular formula is C25H35N3O5S. The molecule has 1 N–H and O–H groups in total. The van der Waals surface area contributed by atoms with Gasteiger partial charge < -0.3 is 15.0 Å². The zero-order valence-corrected chi connectivity index (χ0v) is 21.6. The van der Waals surface area contributed by atoms with E-state index in [9.17, 15) is 18.0 Å². The number of hydrogen-bond donors (Lipinski definition) is 1. The Kier molecular flexibility index (Phi) is 9.09. The van der Waals surface area contributed by atoms with Gasteiger partial charge in [0.1, 0.15) is 18.3 Å². The average Bonchev–Trinajstić information content (AvgIpc) is 2.76. The predicted molar refractivity (Wildman–Crippen MR) is 134 cm³/mol. The lowest BCUT2D eigenvalue weighted by atomic mass is 10.1. The van der Waals surface area contributed by atoms with E-state index in [1.54, 1.807) is 31.2 Å². The second-order valence-corrected chi connectivity index (χ2v) is 11.1. The van der Waals surface area contributed by atoms with Gasteiger partial charge in [0.25, 0.3) is 0 Å². The van der Waals surface area contributed by atoms with E-state index < -0.39 is 34.1 Å². The summed E-state index contributed by atoms with van der Waals surface area (Å²) in [6.07, 6.45) is 1.57. The highest BCUT2D eigenvalue weighted by atomic mass is 32.2. The van der Waals surface area contributed by atoms with Gasteiger partial charge in [0.05, 0.1) is 19.1 Å². The molecule has 0 heterocycles. The van der Waals surface area contributed by atoms with Crippen molar-refractivity contribution in [3.63, 3.8) is 0 Å². The Labute approximate surface area is 202 Å². The Morgan fingerprint density at radius 3 is 2.26 bits per heavy atom. The van der Waals surface area contributed by atoms with Crippen molar-refractivity contribution in [2.24, 2.45) is 0 Å². The molecule has 0 aliphatic rings. The predicted octanol–water partition coefficient (Wildman–Crippen LogP) is 2.84. The molecule has 0 unspecified atom stereocenters. The summed E-state index contributed by atoms with van der Waals surface area (Å²) in [5.74, 6) is -0.306. The largest absolute Gasteiger partial charge is 0.497 e. The van der Waals surface area contributed by atoms with Crippen LogP contribution in [0.2, 0.25) is 0 Å². The van der Waals surface area contributed by atoms with Crippen LogP contribution in [0, 0.1) is 0 Å². The molecule has 2 aromatic carbocycles. The summed E-state index contributed by atoms with van der Waals surface area (Å²) in [4.78, 5) is 27.8. The zero-order chi connectivity index (χ0) is 25.5. The highest BCUT2D eigenvalue weighted by Crippen LogP contribution is 2.23. The van der Waals surface area contributed by atoms with Crippen LogP contribution in [-0.4, -0.2) is 63.2 Å². The van der Waals surface area contributed by atoms with Gasteiger partial charge in [-0.2, -0.15) is 0 Å². The summed E-state index contributed by atoms with van der Waals surface area (Å²) in [6.45, 7) is 7.07. The van der Waals surface area contributed by atoms with Crippen LogP contribution >= 0.6 is 0 Å². The van der Waals surface area contributed by atoms with Gasteiger partial charge in [0.15, 0.2) is 0 Å². The Balaban J connectivity index is 2.34. The van der Waals surface area contributed by atoms with Crippen molar-refractivity contribution in [1.82, 2.24) is 10.2 Å². The van der Waals surface area contributed by atoms with Crippen molar-refractivity contribution < 1.29 is 22.7 Å². The number of carbonyl (C=O) groups is 2. The fraction of sp³-hybridized carbons (Fsp3) is 0.440. The maximum Gasteiger partial charge on any atom is 0.244 e. The van der Waals surface area contributed by atoms with Gasteiger partial charge in [-0.15, -0.1) is 0 Å². The molecule has 0 radical (unpaired) electrons. The molecule has 2 aromatic rings. The number of amides is 2. The molecule has 0 aliphatic carbocycles. The molecule has 0 aromatic heterocycles. The number of rotatable bonds is 10. The molecule has 1 atom stereocenters. The monoisotopic (exact) mass is 489 g/mol. The molecule has 8 nitrogen and oxygen atoms in total. The number of carbonyl (C=O) groups excluding carboxylic acids is 2. The fourth-order valence-electron chi connectivity index (χ4n) is 3.42. The summed E-state index contributed by atoms with van der Waals surface area (Å²) in [6, 6.07) is 15.3. The number of benzene rings is 2. The number of ether oxygens (including phenoxy) is 1. The van der Waals surface area contributed by atoms with Crippen molar-refractivity contribution >= 4 is 27.5 Å². The SMILES string of the molecule is COc1cccc(N(CC(=O)N(CCc2ccccc2)[C@@H](C)C(=O)NC(C)(C)C)S(C)(=O)=O)c1. The van der Waals surface area contributed by atoms with Gasteiger partial charge in [0.2, 0.25) is 21.8 Å². The molecule has 2 rings (SSSR count). The average molecular weight is 490 g/mol. The molecular weight excluding hydrogens is 454 g/mol. The third-order valence-corrected chi connectivity index (χ3v) is 6.31. The van der Waals surface area contributed by atoms with Gasteiger partial charge in [-0.1, -0.05) is 36.4 Å². The van der Waals surface area contributed by atoms with E-state index in [1.807, 2.05) is 51.1 Å². The molecule has 0 bridgehead atoms. The summed E-state index contributed by atoms with van der Waals surface area (Å²) in [5.41, 5.74) is 0.847. The minimum absolute atomic E-state index is 0.261. The van der Waals surface area contributed by atoms with Crippen LogP contribution in [-0.2, 0) is 26.0 Å². The maximum atomic E-state index is 13.5. The number of nitrogens with zero attached hydrogens (tertiary/aromatic N) is 2. The van der Waals surface area contributed by atoms with Crippen LogP contribution in [0.15, 0.2) is 54.6 Å². The third-order valence-electron chi connectivity index (χ3n) is 5.17. The smallest absolute Gasteiger partial charge is 0.244 e. The molecule has 0 spiro atoms. The van der Waals surface area contributed by atoms with E-state index in [2.05, 4.69) is 5.32 Å². The highest BCUT2D eigenvalue weighted by molar-refractivity contribution is 7.92. The van der Waals surface area contributed by atoms with Crippen LogP contribution in [0.25, 0.3) is 0 Å². The first-order valence-corrected chi connectivity index (χ1v) is 12.9. The Morgan fingerprint density at radius 2 is 1.71 bits per heavy atom. The highest BCUT2D eigenvalue weighted by Gasteiger charge is 2.31. The summed E-state index contributed by atoms with van der Waals surface area (Å²) in [5, 5.41) is 2.90. The number of anilines is 1. The topological polar surface area (TPSA) is 96.0 Å². The van der Waals surface area contributed by atoms with E-state index >= 15 is 0 Å². The molecule has 0 fully saturated rings. The van der Waals surface area contributed by atoms with Crippen LogP contribution < -0.4 is 14.4 Å². The molecule has 34 heavy (non-hydrogen) atoms. The lowest BCUT2D eigenvalue weighted by Crippen LogP contribution is -2.55. The standard InChI is InChI=1S/C25H35N3O5S/c1-19(24(30)26-25(2,3)4)27(16-15-20-11-8-7-9-12-20)23(29)18-28(34(6,31)32)21-13-10-14-22(17-21)33-5/h7-14,17,19H,15-16,18H2,1-6H3,(H,26,30)/t19-/m0/s1. The first kappa shape index (κ1) is 27.2. The Hall–Kier alpha value is -3.07. The lowest BCUT2D eigenvalue weighted by molar-refractivity contribution is -0.139. The van der Waals surface area contributed by atoms with E-state index in [0.29, 0.717) is 17.9 Å². The quantitative estimate of drug-likeness (QED) is 0.554. The van der Waals surface area contributed by atoms with Crippen LogP contribution in [0.3, 0.4) is 0 Å². The minimum atomic E-state index is -3.78. The number of methoxy groups -OCH3 is 1. The molecule has 0 aliphatic heterocycles. The second kappa shape index (κ2) is 11.4. The fourth-order valence-corrected chi connectivity index (χ4v) is 4.26. The van der Waals surface area contributed by atoms with Gasteiger partial charge in [-0.25, -0.2) is 8.42 Å². The first-order chi connectivity index (χ1) is 15.8. The normalized spacial score (nSPS) is 12.5. The molecule has 0 saturated heterocycles. The van der Waals surface area contributed by atoms with Crippen molar-refractivity contribution in [2.75, 3.05) is 30.8 Å². The van der Waals surface area contributed by atoms with Crippen molar-refractivity contribution in [3.8, 4) is 5.75 Å². The van der Waals surface area contributed by atoms with Crippen LogP contribution in [0.4, 0.5) is 5.69 Å². The van der Waals surface area contributed by atoms with Crippen molar-refractivity contribution in [1.29, 1.82) is 0 Å². The van der Waals surface area contributed by atoms with Gasteiger partial charge in [-0.3, -0.25) is 13.9 Å². The third kappa shape index (κ3) is 8.06. The van der Waals surface area contributed by atoms with Gasteiger partial charge in [-0.05, 0) is 51.8 Å². The van der Waals surface area contributed by atoms with E-state index in [4.69, 9.17) is 4.74 Å². The maximum absolute atomic E-state index is 13.5. The number of nitrogens with one attached hydrogen (secondary N) is 1. The van der Waals surface area contributed by atoms with Gasteiger partial charge in [0, 0.05) is 18.2 Å². The first-order valence-electron chi connectivity index (χ1n) is 11.1. The molecule has 2 amide bonds. The summed E-state index contributed by atoms with van der Waals surface area (Å²) in [7, 11) is -2.30. The minimum Gasteiger partial charge on any atom is -0.497 e. The van der Waals surface area contributed by atoms with Crippen molar-refractivity contribution in [2.45, 2.75) is 45.7 Å². The Morgan fingerprint density at radius 1 is 1.06 bits per heavy atom. The van der Waals surface area contributed by atoms with E-state index in [-0.39, 0.29) is 12.5 Å². The van der Waals surface area contributed by atoms with E-state index in [1.165, 1.54) is 12.0 Å². The molecule has 0 saturated carbocycles. The van der Waals surface area contributed by atoms with Crippen LogP contribution in [0.1, 0.15) is 33.3 Å². The molecule has 186 valence electrons. The molecule has 9 heteroatoms. The van der Waals surface area contributed by atoms with Gasteiger partial charge >= 0.3 is 0 Å². The second-order valence-electron chi connectivity index (χ2n) is 9.21. The number of sulfonamides is 1. The lowest BCUT2D eigenvalue weighted by Gasteiger charge is -2.33. The number of hydrogen-bond acceptors (Lipinski definition) is 5. The summed E-state index contributed by atoms with van der Waals surface area (Å²) < 4.78 is 31.4.